The Morgan fingerprint density at radius 3 is 2.68 bits per heavy atom. The van der Waals surface area contributed by atoms with Crippen molar-refractivity contribution in [2.24, 2.45) is 11.7 Å². The van der Waals surface area contributed by atoms with Gasteiger partial charge in [0, 0.05) is 35.8 Å². The molecule has 4 N–H and O–H groups in total. The van der Waals surface area contributed by atoms with Gasteiger partial charge in [0.1, 0.15) is 0 Å². The summed E-state index contributed by atoms with van der Waals surface area (Å²) < 4.78 is 0. The smallest absolute Gasteiger partial charge is 0.223 e. The highest BCUT2D eigenvalue weighted by Crippen LogP contribution is 2.24. The third-order valence-electron chi connectivity index (χ3n) is 4.17. The summed E-state index contributed by atoms with van der Waals surface area (Å²) in [5, 5.41) is 3.10. The number of nitrogens with one attached hydrogen (secondary N) is 2. The number of carbonyl (C=O) groups excluding carboxylic acids is 1. The van der Waals surface area contributed by atoms with Crippen molar-refractivity contribution in [3.05, 3.63) is 24.0 Å². The Bertz CT molecular complexity index is 403. The molecule has 106 valence electrons. The van der Waals surface area contributed by atoms with E-state index in [4.69, 9.17) is 5.73 Å². The van der Waals surface area contributed by atoms with E-state index in [2.05, 4.69) is 30.2 Å². The van der Waals surface area contributed by atoms with Crippen LogP contribution in [-0.2, 0) is 10.2 Å². The minimum absolute atomic E-state index is 0.0652. The average Bonchev–Trinajstić information content (AvgIpc) is 2.91. The maximum atomic E-state index is 12.2. The lowest BCUT2D eigenvalue weighted by atomic mass is 9.85. The molecule has 0 saturated heterocycles. The molecule has 1 aliphatic carbocycles. The van der Waals surface area contributed by atoms with Crippen LogP contribution in [0.1, 0.15) is 45.2 Å². The zero-order valence-electron chi connectivity index (χ0n) is 11.9. The number of hydrogen-bond donors (Lipinski definition) is 3. The van der Waals surface area contributed by atoms with E-state index in [1.54, 1.807) is 0 Å². The van der Waals surface area contributed by atoms with Crippen LogP contribution >= 0.6 is 0 Å². The molecule has 1 aromatic rings. The predicted octanol–water partition coefficient (Wildman–Crippen LogP) is 1.93. The van der Waals surface area contributed by atoms with Crippen molar-refractivity contribution in [3.63, 3.8) is 0 Å². The lowest BCUT2D eigenvalue weighted by Crippen LogP contribution is -2.41. The first-order valence-electron chi connectivity index (χ1n) is 7.16. The zero-order valence-corrected chi connectivity index (χ0v) is 11.9. The molecular weight excluding hydrogens is 238 g/mol. The van der Waals surface area contributed by atoms with E-state index in [1.165, 1.54) is 0 Å². The average molecular weight is 263 g/mol. The summed E-state index contributed by atoms with van der Waals surface area (Å²) in [6.07, 6.45) is 5.71. The van der Waals surface area contributed by atoms with Crippen molar-refractivity contribution in [3.8, 4) is 0 Å². The van der Waals surface area contributed by atoms with E-state index in [0.717, 1.165) is 31.4 Å². The number of aromatic amines is 1. The molecule has 1 aromatic heterocycles. The second-order valence-corrected chi connectivity index (χ2v) is 6.30. The van der Waals surface area contributed by atoms with Gasteiger partial charge in [0.05, 0.1) is 0 Å². The van der Waals surface area contributed by atoms with Crippen molar-refractivity contribution in [2.45, 2.75) is 51.0 Å². The number of rotatable bonds is 4. The van der Waals surface area contributed by atoms with E-state index < -0.39 is 0 Å². The quantitative estimate of drug-likeness (QED) is 0.776. The Labute approximate surface area is 115 Å². The second kappa shape index (κ2) is 5.78. The zero-order chi connectivity index (χ0) is 13.9. The Balaban J connectivity index is 1.83. The van der Waals surface area contributed by atoms with Crippen molar-refractivity contribution in [1.82, 2.24) is 10.3 Å². The minimum atomic E-state index is -0.0652. The fourth-order valence-electron chi connectivity index (χ4n) is 2.68. The molecule has 0 aliphatic heterocycles. The highest BCUT2D eigenvalue weighted by Gasteiger charge is 2.27. The van der Waals surface area contributed by atoms with Crippen LogP contribution in [0.5, 0.6) is 0 Å². The van der Waals surface area contributed by atoms with Crippen LogP contribution in [0.2, 0.25) is 0 Å². The van der Waals surface area contributed by atoms with Gasteiger partial charge in [-0.25, -0.2) is 0 Å². The van der Waals surface area contributed by atoms with Crippen LogP contribution in [0.25, 0.3) is 0 Å². The van der Waals surface area contributed by atoms with Gasteiger partial charge in [-0.15, -0.1) is 0 Å². The molecule has 0 aromatic carbocycles. The molecule has 2 rings (SSSR count). The number of amides is 1. The van der Waals surface area contributed by atoms with Crippen molar-refractivity contribution >= 4 is 5.91 Å². The molecule has 1 heterocycles. The van der Waals surface area contributed by atoms with Gasteiger partial charge in [-0.3, -0.25) is 4.79 Å². The highest BCUT2D eigenvalue weighted by molar-refractivity contribution is 5.78. The van der Waals surface area contributed by atoms with Crippen LogP contribution in [0, 0.1) is 5.92 Å². The molecule has 4 heteroatoms. The van der Waals surface area contributed by atoms with E-state index >= 15 is 0 Å². The molecule has 0 atom stereocenters. The third kappa shape index (κ3) is 3.60. The second-order valence-electron chi connectivity index (χ2n) is 6.30. The Morgan fingerprint density at radius 1 is 1.42 bits per heavy atom. The monoisotopic (exact) mass is 263 g/mol. The van der Waals surface area contributed by atoms with Gasteiger partial charge in [0.25, 0.3) is 0 Å². The van der Waals surface area contributed by atoms with E-state index in [0.29, 0.717) is 12.6 Å². The standard InChI is InChI=1S/C15H25N3O/c1-15(2,13-4-3-9-17-13)10-18-14(19)11-5-7-12(16)8-6-11/h3-4,9,11-12,17H,5-8,10,16H2,1-2H3,(H,18,19). The number of H-pyrrole nitrogens is 1. The molecule has 0 radical (unpaired) electrons. The summed E-state index contributed by atoms with van der Waals surface area (Å²) in [5.41, 5.74) is 6.95. The number of hydrogen-bond acceptors (Lipinski definition) is 2. The molecule has 4 nitrogen and oxygen atoms in total. The third-order valence-corrected chi connectivity index (χ3v) is 4.17. The van der Waals surface area contributed by atoms with Crippen molar-refractivity contribution in [2.75, 3.05) is 6.54 Å². The summed E-state index contributed by atoms with van der Waals surface area (Å²) in [4.78, 5) is 15.4. The summed E-state index contributed by atoms with van der Waals surface area (Å²) in [5.74, 6) is 0.339. The molecule has 19 heavy (non-hydrogen) atoms. The van der Waals surface area contributed by atoms with Crippen molar-refractivity contribution in [1.29, 1.82) is 0 Å². The summed E-state index contributed by atoms with van der Waals surface area (Å²) in [7, 11) is 0. The van der Waals surface area contributed by atoms with Gasteiger partial charge in [-0.1, -0.05) is 13.8 Å². The lowest BCUT2D eigenvalue weighted by molar-refractivity contribution is -0.126. The van der Waals surface area contributed by atoms with Gasteiger partial charge in [0.2, 0.25) is 5.91 Å². The minimum Gasteiger partial charge on any atom is -0.364 e. The highest BCUT2D eigenvalue weighted by atomic mass is 16.1. The topological polar surface area (TPSA) is 70.9 Å². The number of aromatic nitrogens is 1. The van der Waals surface area contributed by atoms with E-state index in [1.807, 2.05) is 12.3 Å². The first-order valence-corrected chi connectivity index (χ1v) is 7.16. The van der Waals surface area contributed by atoms with Gasteiger partial charge in [0.15, 0.2) is 0 Å². The molecular formula is C15H25N3O. The summed E-state index contributed by atoms with van der Waals surface area (Å²) in [6, 6.07) is 4.34. The molecule has 1 amide bonds. The summed E-state index contributed by atoms with van der Waals surface area (Å²) >= 11 is 0. The number of carbonyl (C=O) groups is 1. The van der Waals surface area contributed by atoms with Gasteiger partial charge < -0.3 is 16.0 Å². The van der Waals surface area contributed by atoms with E-state index in [9.17, 15) is 4.79 Å². The maximum Gasteiger partial charge on any atom is 0.223 e. The number of nitrogens with two attached hydrogens (primary N) is 1. The first-order chi connectivity index (χ1) is 8.99. The molecule has 1 fully saturated rings. The SMILES string of the molecule is CC(C)(CNC(=O)C1CCC(N)CC1)c1ccc[nH]1. The fourth-order valence-corrected chi connectivity index (χ4v) is 2.68. The van der Waals surface area contributed by atoms with E-state index in [-0.39, 0.29) is 17.2 Å². The largest absolute Gasteiger partial charge is 0.364 e. The first kappa shape index (κ1) is 14.1. The summed E-state index contributed by atoms with van der Waals surface area (Å²) in [6.45, 7) is 4.93. The van der Waals surface area contributed by atoms with Crippen molar-refractivity contribution < 1.29 is 4.79 Å². The van der Waals surface area contributed by atoms with Gasteiger partial charge in [-0.2, -0.15) is 0 Å². The van der Waals surface area contributed by atoms with Crippen LogP contribution in [0.15, 0.2) is 18.3 Å². The van der Waals surface area contributed by atoms with Gasteiger partial charge in [-0.05, 0) is 37.8 Å². The normalized spacial score (nSPS) is 24.2. The fraction of sp³-hybridized carbons (Fsp3) is 0.667. The Hall–Kier alpha value is -1.29. The predicted molar refractivity (Wildman–Crippen MR) is 76.8 cm³/mol. The van der Waals surface area contributed by atoms with Gasteiger partial charge >= 0.3 is 0 Å². The Kier molecular flexibility index (Phi) is 4.30. The molecule has 0 spiro atoms. The molecule has 0 unspecified atom stereocenters. The van der Waals surface area contributed by atoms with Crippen LogP contribution in [-0.4, -0.2) is 23.5 Å². The lowest BCUT2D eigenvalue weighted by Gasteiger charge is -2.28. The maximum absolute atomic E-state index is 12.2. The molecule has 0 bridgehead atoms. The Morgan fingerprint density at radius 2 is 2.11 bits per heavy atom. The van der Waals surface area contributed by atoms with Crippen LogP contribution in [0.4, 0.5) is 0 Å². The molecule has 1 aliphatic rings. The van der Waals surface area contributed by atoms with Crippen LogP contribution in [0.3, 0.4) is 0 Å². The molecule has 1 saturated carbocycles. The van der Waals surface area contributed by atoms with Crippen LogP contribution < -0.4 is 11.1 Å².